The van der Waals surface area contributed by atoms with Crippen LogP contribution in [-0.4, -0.2) is 32.5 Å². The molecule has 1 aliphatic heterocycles. The van der Waals surface area contributed by atoms with Gasteiger partial charge in [-0.15, -0.1) is 0 Å². The molecule has 2 heterocycles. The maximum absolute atomic E-state index is 12.1. The standard InChI is InChI=1S/C21H26N2O4/c1-11-17(12(2)27-23-11)13-6-7-16-15(10-13)20(5)14(18(24)25)8-9-21(20,26)19(3,4)22-16/h6-7,10,14,22,26H,8-9H2,1-5H3,(H,24,25). The Morgan fingerprint density at radius 2 is 2.00 bits per heavy atom. The van der Waals surface area contributed by atoms with Gasteiger partial charge in [-0.1, -0.05) is 18.1 Å². The molecule has 4 rings (SSSR count). The average Bonchev–Trinajstić information content (AvgIpc) is 3.06. The molecule has 0 spiro atoms. The van der Waals surface area contributed by atoms with Crippen LogP contribution in [0.15, 0.2) is 22.7 Å². The van der Waals surface area contributed by atoms with Crippen LogP contribution in [0.4, 0.5) is 5.69 Å². The Bertz CT molecular complexity index is 928. The molecule has 27 heavy (non-hydrogen) atoms. The van der Waals surface area contributed by atoms with Crippen molar-refractivity contribution >= 4 is 11.7 Å². The second-order valence-electron chi connectivity index (χ2n) is 8.70. The van der Waals surface area contributed by atoms with Crippen molar-refractivity contribution < 1.29 is 19.5 Å². The van der Waals surface area contributed by atoms with Gasteiger partial charge in [0, 0.05) is 16.7 Å². The summed E-state index contributed by atoms with van der Waals surface area (Å²) in [5.74, 6) is -0.791. The van der Waals surface area contributed by atoms with Crippen molar-refractivity contribution in [1.82, 2.24) is 5.16 Å². The molecule has 2 aromatic rings. The normalized spacial score (nSPS) is 31.1. The highest BCUT2D eigenvalue weighted by molar-refractivity contribution is 5.79. The molecule has 0 saturated heterocycles. The fourth-order valence-electron chi connectivity index (χ4n) is 5.51. The molecule has 0 amide bonds. The highest BCUT2D eigenvalue weighted by atomic mass is 16.5. The Kier molecular flexibility index (Phi) is 3.57. The highest BCUT2D eigenvalue weighted by Crippen LogP contribution is 2.61. The molecule has 1 aliphatic carbocycles. The third kappa shape index (κ3) is 2.10. The number of fused-ring (bicyclic) bond motifs is 3. The molecular formula is C21H26N2O4. The molecular weight excluding hydrogens is 344 g/mol. The lowest BCUT2D eigenvalue weighted by atomic mass is 9.57. The second kappa shape index (κ2) is 5.35. The first-order chi connectivity index (χ1) is 12.5. The number of aromatic nitrogens is 1. The maximum atomic E-state index is 12.1. The van der Waals surface area contributed by atoms with Gasteiger partial charge in [0.25, 0.3) is 0 Å². The number of hydrogen-bond donors (Lipinski definition) is 3. The average molecular weight is 370 g/mol. The van der Waals surface area contributed by atoms with E-state index in [9.17, 15) is 15.0 Å². The third-order valence-electron chi connectivity index (χ3n) is 7.03. The monoisotopic (exact) mass is 370 g/mol. The Balaban J connectivity index is 1.99. The summed E-state index contributed by atoms with van der Waals surface area (Å²) < 4.78 is 5.31. The minimum atomic E-state index is -1.17. The van der Waals surface area contributed by atoms with E-state index in [0.717, 1.165) is 33.8 Å². The molecule has 144 valence electrons. The summed E-state index contributed by atoms with van der Waals surface area (Å²) in [6.07, 6.45) is 0.887. The number of carbonyl (C=O) groups is 1. The van der Waals surface area contributed by atoms with Crippen LogP contribution >= 0.6 is 0 Å². The number of carboxylic acids is 1. The Morgan fingerprint density at radius 1 is 1.30 bits per heavy atom. The van der Waals surface area contributed by atoms with Gasteiger partial charge in [-0.05, 0) is 63.8 Å². The number of rotatable bonds is 2. The first-order valence-corrected chi connectivity index (χ1v) is 9.34. The lowest BCUT2D eigenvalue weighted by Crippen LogP contribution is -2.67. The summed E-state index contributed by atoms with van der Waals surface area (Å²) in [6, 6.07) is 5.96. The molecule has 1 saturated carbocycles. The first kappa shape index (κ1) is 18.0. The molecule has 1 fully saturated rings. The van der Waals surface area contributed by atoms with Crippen molar-refractivity contribution in [2.24, 2.45) is 5.92 Å². The summed E-state index contributed by atoms with van der Waals surface area (Å²) in [7, 11) is 0. The quantitative estimate of drug-likeness (QED) is 0.747. The van der Waals surface area contributed by atoms with Crippen LogP contribution < -0.4 is 5.32 Å². The number of nitrogens with one attached hydrogen (secondary N) is 1. The summed E-state index contributed by atoms with van der Waals surface area (Å²) in [5.41, 5.74) is 1.61. The van der Waals surface area contributed by atoms with Crippen molar-refractivity contribution in [3.63, 3.8) is 0 Å². The van der Waals surface area contributed by atoms with Gasteiger partial charge in [-0.2, -0.15) is 0 Å². The van der Waals surface area contributed by atoms with E-state index in [1.165, 1.54) is 0 Å². The molecule has 0 radical (unpaired) electrons. The SMILES string of the molecule is Cc1noc(C)c1-c1ccc2c(c1)C1(C)C(C(=O)O)CCC1(O)C(C)(C)N2. The largest absolute Gasteiger partial charge is 0.481 e. The first-order valence-electron chi connectivity index (χ1n) is 9.34. The Labute approximate surface area is 158 Å². The summed E-state index contributed by atoms with van der Waals surface area (Å²) in [4.78, 5) is 12.1. The molecule has 3 N–H and O–H groups in total. The number of benzene rings is 1. The van der Waals surface area contributed by atoms with Gasteiger partial charge in [0.05, 0.1) is 22.8 Å². The third-order valence-corrected chi connectivity index (χ3v) is 7.03. The van der Waals surface area contributed by atoms with Crippen LogP contribution in [0.3, 0.4) is 0 Å². The number of aryl methyl sites for hydroxylation is 2. The van der Waals surface area contributed by atoms with Crippen LogP contribution in [-0.2, 0) is 10.2 Å². The van der Waals surface area contributed by atoms with Crippen molar-refractivity contribution in [1.29, 1.82) is 0 Å². The zero-order chi connectivity index (χ0) is 19.8. The molecule has 2 aliphatic rings. The van der Waals surface area contributed by atoms with Gasteiger partial charge in [0.1, 0.15) is 5.76 Å². The molecule has 3 unspecified atom stereocenters. The van der Waals surface area contributed by atoms with Crippen molar-refractivity contribution in [2.75, 3.05) is 5.32 Å². The van der Waals surface area contributed by atoms with E-state index in [1.807, 2.05) is 52.8 Å². The molecule has 6 nitrogen and oxygen atoms in total. The number of nitrogens with zero attached hydrogens (tertiary/aromatic N) is 1. The lowest BCUT2D eigenvalue weighted by molar-refractivity contribution is -0.147. The number of hydrogen-bond acceptors (Lipinski definition) is 5. The van der Waals surface area contributed by atoms with Crippen LogP contribution in [0.5, 0.6) is 0 Å². The number of anilines is 1. The van der Waals surface area contributed by atoms with Crippen LogP contribution in [0.25, 0.3) is 11.1 Å². The van der Waals surface area contributed by atoms with E-state index in [1.54, 1.807) is 0 Å². The molecule has 1 aromatic carbocycles. The number of aliphatic hydroxyl groups is 1. The zero-order valence-electron chi connectivity index (χ0n) is 16.4. The fourth-order valence-corrected chi connectivity index (χ4v) is 5.51. The predicted molar refractivity (Wildman–Crippen MR) is 102 cm³/mol. The van der Waals surface area contributed by atoms with Gasteiger partial charge in [0.2, 0.25) is 0 Å². The predicted octanol–water partition coefficient (Wildman–Crippen LogP) is 3.65. The second-order valence-corrected chi connectivity index (χ2v) is 8.70. The summed E-state index contributed by atoms with van der Waals surface area (Å²) >= 11 is 0. The van der Waals surface area contributed by atoms with Gasteiger partial charge in [-0.3, -0.25) is 4.79 Å². The van der Waals surface area contributed by atoms with Gasteiger partial charge in [-0.25, -0.2) is 0 Å². The van der Waals surface area contributed by atoms with Crippen molar-refractivity contribution in [3.05, 3.63) is 35.2 Å². The van der Waals surface area contributed by atoms with Gasteiger partial charge >= 0.3 is 5.97 Å². The topological polar surface area (TPSA) is 95.6 Å². The van der Waals surface area contributed by atoms with Crippen LogP contribution in [0.1, 0.15) is 50.6 Å². The molecule has 3 atom stereocenters. The Hall–Kier alpha value is -2.34. The van der Waals surface area contributed by atoms with E-state index < -0.39 is 28.4 Å². The van der Waals surface area contributed by atoms with E-state index >= 15 is 0 Å². The van der Waals surface area contributed by atoms with E-state index in [0.29, 0.717) is 12.8 Å². The smallest absolute Gasteiger partial charge is 0.307 e. The van der Waals surface area contributed by atoms with E-state index in [-0.39, 0.29) is 0 Å². The van der Waals surface area contributed by atoms with Gasteiger partial charge < -0.3 is 20.1 Å². The zero-order valence-corrected chi connectivity index (χ0v) is 16.4. The lowest BCUT2D eigenvalue weighted by Gasteiger charge is -2.56. The van der Waals surface area contributed by atoms with Gasteiger partial charge in [0.15, 0.2) is 0 Å². The fraction of sp³-hybridized carbons (Fsp3) is 0.524. The van der Waals surface area contributed by atoms with E-state index in [2.05, 4.69) is 10.5 Å². The number of carboxylic acid groups (broad SMARTS) is 1. The highest BCUT2D eigenvalue weighted by Gasteiger charge is 2.68. The van der Waals surface area contributed by atoms with E-state index in [4.69, 9.17) is 4.52 Å². The summed E-state index contributed by atoms with van der Waals surface area (Å²) in [6.45, 7) is 9.54. The molecule has 1 aromatic heterocycles. The van der Waals surface area contributed by atoms with Crippen molar-refractivity contribution in [3.8, 4) is 11.1 Å². The van der Waals surface area contributed by atoms with Crippen LogP contribution in [0.2, 0.25) is 0 Å². The Morgan fingerprint density at radius 3 is 2.59 bits per heavy atom. The maximum Gasteiger partial charge on any atom is 0.307 e. The number of aliphatic carboxylic acids is 1. The summed E-state index contributed by atoms with van der Waals surface area (Å²) in [5, 5.41) is 29.1. The molecule has 0 bridgehead atoms. The minimum Gasteiger partial charge on any atom is -0.481 e. The molecule has 6 heteroatoms. The minimum absolute atomic E-state index is 0.440. The van der Waals surface area contributed by atoms with Crippen molar-refractivity contribution in [2.45, 2.75) is 64.0 Å². The van der Waals surface area contributed by atoms with Crippen LogP contribution in [0, 0.1) is 19.8 Å².